The Hall–Kier alpha value is -0.570. The highest BCUT2D eigenvalue weighted by Gasteiger charge is 2.03. The van der Waals surface area contributed by atoms with Crippen LogP contribution in [0.5, 0.6) is 0 Å². The monoisotopic (exact) mass is 241 g/mol. The van der Waals surface area contributed by atoms with Gasteiger partial charge in [0.1, 0.15) is 0 Å². The van der Waals surface area contributed by atoms with Gasteiger partial charge < -0.3 is 10.1 Å². The van der Waals surface area contributed by atoms with Gasteiger partial charge in [-0.2, -0.15) is 0 Å². The van der Waals surface area contributed by atoms with Gasteiger partial charge in [-0.15, -0.1) is 0 Å². The normalized spacial score (nSPS) is 13.1. The minimum atomic E-state index is 0.210. The fourth-order valence-corrected chi connectivity index (χ4v) is 1.54. The molecule has 3 heteroatoms. The lowest BCUT2D eigenvalue weighted by Gasteiger charge is -2.15. The Bertz CT molecular complexity index is 315. The molecule has 90 valence electrons. The molecule has 1 aromatic carbocycles. The summed E-state index contributed by atoms with van der Waals surface area (Å²) in [4.78, 5) is 0. The van der Waals surface area contributed by atoms with Gasteiger partial charge in [0.05, 0.1) is 12.7 Å². The van der Waals surface area contributed by atoms with Crippen molar-refractivity contribution in [3.05, 3.63) is 34.9 Å². The molecule has 0 aliphatic carbocycles. The van der Waals surface area contributed by atoms with Gasteiger partial charge in [-0.1, -0.05) is 37.6 Å². The van der Waals surface area contributed by atoms with Crippen molar-refractivity contribution < 1.29 is 4.74 Å². The minimum Gasteiger partial charge on any atom is -0.373 e. The highest BCUT2D eigenvalue weighted by atomic mass is 35.5. The van der Waals surface area contributed by atoms with E-state index < -0.39 is 0 Å². The van der Waals surface area contributed by atoms with Crippen LogP contribution < -0.4 is 5.32 Å². The number of benzene rings is 1. The topological polar surface area (TPSA) is 21.3 Å². The third-order valence-electron chi connectivity index (χ3n) is 2.24. The largest absolute Gasteiger partial charge is 0.373 e. The average molecular weight is 242 g/mol. The summed E-state index contributed by atoms with van der Waals surface area (Å²) < 4.78 is 5.71. The van der Waals surface area contributed by atoms with E-state index in [9.17, 15) is 0 Å². The Labute approximate surface area is 103 Å². The van der Waals surface area contributed by atoms with Crippen molar-refractivity contribution >= 4 is 11.6 Å². The molecule has 0 heterocycles. The van der Waals surface area contributed by atoms with Gasteiger partial charge in [-0.3, -0.25) is 0 Å². The molecule has 2 nitrogen and oxygen atoms in total. The average Bonchev–Trinajstić information content (AvgIpc) is 2.23. The van der Waals surface area contributed by atoms with Crippen LogP contribution in [-0.4, -0.2) is 18.7 Å². The van der Waals surface area contributed by atoms with Gasteiger partial charge in [0.25, 0.3) is 0 Å². The van der Waals surface area contributed by atoms with Crippen LogP contribution in [0.25, 0.3) is 0 Å². The van der Waals surface area contributed by atoms with Crippen molar-refractivity contribution in [1.82, 2.24) is 5.32 Å². The minimum absolute atomic E-state index is 0.210. The van der Waals surface area contributed by atoms with E-state index in [0.717, 1.165) is 17.1 Å². The van der Waals surface area contributed by atoms with E-state index >= 15 is 0 Å². The molecule has 1 rings (SSSR count). The lowest BCUT2D eigenvalue weighted by molar-refractivity contribution is 0.0520. The second-order valence-corrected chi connectivity index (χ2v) is 4.75. The Balaban J connectivity index is 2.28. The predicted molar refractivity (Wildman–Crippen MR) is 68.8 cm³/mol. The SMILES string of the molecule is CC(C)NCC(C)OCc1cccc(Cl)c1. The summed E-state index contributed by atoms with van der Waals surface area (Å²) in [7, 11) is 0. The second kappa shape index (κ2) is 6.89. The van der Waals surface area contributed by atoms with Gasteiger partial charge in [-0.25, -0.2) is 0 Å². The number of rotatable bonds is 6. The zero-order valence-corrected chi connectivity index (χ0v) is 10.9. The smallest absolute Gasteiger partial charge is 0.0721 e. The van der Waals surface area contributed by atoms with Crippen LogP contribution >= 0.6 is 11.6 Å². The summed E-state index contributed by atoms with van der Waals surface area (Å²) in [5, 5.41) is 4.10. The van der Waals surface area contributed by atoms with Crippen molar-refractivity contribution in [3.8, 4) is 0 Å². The first-order valence-corrected chi connectivity index (χ1v) is 6.05. The van der Waals surface area contributed by atoms with Gasteiger partial charge in [0, 0.05) is 17.6 Å². The maximum Gasteiger partial charge on any atom is 0.0721 e. The molecule has 0 aliphatic heterocycles. The number of ether oxygens (including phenoxy) is 1. The van der Waals surface area contributed by atoms with E-state index in [-0.39, 0.29) is 6.10 Å². The zero-order chi connectivity index (χ0) is 12.0. The predicted octanol–water partition coefficient (Wildman–Crippen LogP) is 3.24. The molecule has 0 radical (unpaired) electrons. The number of nitrogens with one attached hydrogen (secondary N) is 1. The molecular weight excluding hydrogens is 222 g/mol. The van der Waals surface area contributed by atoms with Gasteiger partial charge in [-0.05, 0) is 24.6 Å². The molecule has 0 saturated carbocycles. The molecule has 1 aromatic rings. The number of halogens is 1. The summed E-state index contributed by atoms with van der Waals surface area (Å²) >= 11 is 5.89. The van der Waals surface area contributed by atoms with Crippen LogP contribution in [-0.2, 0) is 11.3 Å². The number of hydrogen-bond donors (Lipinski definition) is 1. The van der Waals surface area contributed by atoms with Crippen molar-refractivity contribution in [2.75, 3.05) is 6.54 Å². The number of hydrogen-bond acceptors (Lipinski definition) is 2. The highest BCUT2D eigenvalue weighted by molar-refractivity contribution is 6.30. The fourth-order valence-electron chi connectivity index (χ4n) is 1.33. The molecule has 0 saturated heterocycles. The summed E-state index contributed by atoms with van der Waals surface area (Å²) in [5.41, 5.74) is 1.11. The molecule has 1 N–H and O–H groups in total. The third-order valence-corrected chi connectivity index (χ3v) is 2.47. The summed E-state index contributed by atoms with van der Waals surface area (Å²) in [6.45, 7) is 7.81. The quantitative estimate of drug-likeness (QED) is 0.826. The van der Waals surface area contributed by atoms with Crippen LogP contribution in [0.3, 0.4) is 0 Å². The van der Waals surface area contributed by atoms with Crippen molar-refractivity contribution in [2.24, 2.45) is 0 Å². The van der Waals surface area contributed by atoms with Crippen molar-refractivity contribution in [2.45, 2.75) is 39.5 Å². The lowest BCUT2D eigenvalue weighted by atomic mass is 10.2. The summed E-state index contributed by atoms with van der Waals surface area (Å²) in [6, 6.07) is 8.27. The molecule has 0 bridgehead atoms. The maximum atomic E-state index is 5.89. The highest BCUT2D eigenvalue weighted by Crippen LogP contribution is 2.11. The molecular formula is C13H20ClNO. The lowest BCUT2D eigenvalue weighted by Crippen LogP contribution is -2.31. The van der Waals surface area contributed by atoms with Crippen LogP contribution in [0, 0.1) is 0 Å². The van der Waals surface area contributed by atoms with Gasteiger partial charge in [0.15, 0.2) is 0 Å². The molecule has 0 spiro atoms. The molecule has 16 heavy (non-hydrogen) atoms. The molecule has 1 unspecified atom stereocenters. The van der Waals surface area contributed by atoms with Crippen LogP contribution in [0.2, 0.25) is 5.02 Å². The van der Waals surface area contributed by atoms with E-state index in [1.54, 1.807) is 0 Å². The first-order valence-electron chi connectivity index (χ1n) is 5.67. The molecule has 0 amide bonds. The first kappa shape index (κ1) is 13.5. The fraction of sp³-hybridized carbons (Fsp3) is 0.538. The molecule has 0 aromatic heterocycles. The van der Waals surface area contributed by atoms with Crippen molar-refractivity contribution in [1.29, 1.82) is 0 Å². The Morgan fingerprint density at radius 1 is 1.31 bits per heavy atom. The van der Waals surface area contributed by atoms with E-state index in [4.69, 9.17) is 16.3 Å². The van der Waals surface area contributed by atoms with Crippen LogP contribution in [0.4, 0.5) is 0 Å². The van der Waals surface area contributed by atoms with Gasteiger partial charge in [0.2, 0.25) is 0 Å². The molecule has 1 atom stereocenters. The van der Waals surface area contributed by atoms with E-state index in [2.05, 4.69) is 26.1 Å². The Morgan fingerprint density at radius 3 is 2.69 bits per heavy atom. The summed E-state index contributed by atoms with van der Waals surface area (Å²) in [6.07, 6.45) is 0.210. The van der Waals surface area contributed by atoms with Crippen molar-refractivity contribution in [3.63, 3.8) is 0 Å². The standard InChI is InChI=1S/C13H20ClNO/c1-10(2)15-8-11(3)16-9-12-5-4-6-13(14)7-12/h4-7,10-11,15H,8-9H2,1-3H3. The van der Waals surface area contributed by atoms with Gasteiger partial charge >= 0.3 is 0 Å². The Kier molecular flexibility index (Phi) is 5.81. The van der Waals surface area contributed by atoms with E-state index in [1.807, 2.05) is 24.3 Å². The third kappa shape index (κ3) is 5.50. The van der Waals surface area contributed by atoms with Crippen LogP contribution in [0.15, 0.2) is 24.3 Å². The summed E-state index contributed by atoms with van der Waals surface area (Å²) in [5.74, 6) is 0. The Morgan fingerprint density at radius 2 is 2.06 bits per heavy atom. The molecule has 0 aliphatic rings. The van der Waals surface area contributed by atoms with E-state index in [0.29, 0.717) is 12.6 Å². The second-order valence-electron chi connectivity index (χ2n) is 4.31. The molecule has 0 fully saturated rings. The maximum absolute atomic E-state index is 5.89. The first-order chi connectivity index (χ1) is 7.58. The van der Waals surface area contributed by atoms with Crippen LogP contribution in [0.1, 0.15) is 26.3 Å². The van der Waals surface area contributed by atoms with E-state index in [1.165, 1.54) is 0 Å². The zero-order valence-electron chi connectivity index (χ0n) is 10.2.